The summed E-state index contributed by atoms with van der Waals surface area (Å²) in [7, 11) is 2.06. The maximum absolute atomic E-state index is 6.09. The molecule has 0 aliphatic heterocycles. The molecular weight excluding hydrogens is 324 g/mol. The van der Waals surface area contributed by atoms with Gasteiger partial charge in [-0.05, 0) is 36.8 Å². The highest BCUT2D eigenvalue weighted by atomic mass is 79.9. The van der Waals surface area contributed by atoms with Crippen LogP contribution < -0.4 is 4.90 Å². The van der Waals surface area contributed by atoms with Crippen molar-refractivity contribution in [2.45, 2.75) is 18.8 Å². The lowest BCUT2D eigenvalue weighted by Crippen LogP contribution is -2.18. The maximum atomic E-state index is 6.09. The van der Waals surface area contributed by atoms with E-state index in [1.807, 2.05) is 43.3 Å². The molecule has 0 spiro atoms. The van der Waals surface area contributed by atoms with Crippen LogP contribution in [0.15, 0.2) is 36.4 Å². The van der Waals surface area contributed by atoms with Gasteiger partial charge in [0.25, 0.3) is 0 Å². The quantitative estimate of drug-likeness (QED) is 0.758. The molecule has 0 N–H and O–H groups in total. The van der Waals surface area contributed by atoms with Crippen molar-refractivity contribution >= 4 is 33.2 Å². The number of halogens is 2. The Labute approximate surface area is 127 Å². The normalized spacial score (nSPS) is 10.5. The van der Waals surface area contributed by atoms with Gasteiger partial charge < -0.3 is 4.90 Å². The number of hydrogen-bond donors (Lipinski definition) is 0. The molecule has 0 atom stereocenters. The van der Waals surface area contributed by atoms with Crippen LogP contribution in [0.1, 0.15) is 17.0 Å². The molecule has 0 fully saturated rings. The number of benzene rings is 1. The number of hydrogen-bond acceptors (Lipinski definition) is 2. The standard InChI is InChI=1S/C15H16BrClN2/c1-11-4-3-5-14(18-11)10-19(2)15-8-13(17)7-6-12(15)9-16/h3-8H,9-10H2,1-2H3. The summed E-state index contributed by atoms with van der Waals surface area (Å²) in [5, 5.41) is 1.56. The van der Waals surface area contributed by atoms with Gasteiger partial charge >= 0.3 is 0 Å². The van der Waals surface area contributed by atoms with Crippen LogP contribution in [0.4, 0.5) is 5.69 Å². The molecule has 0 saturated carbocycles. The molecule has 1 heterocycles. The fourth-order valence-corrected chi connectivity index (χ4v) is 2.66. The molecule has 1 aromatic heterocycles. The lowest BCUT2D eigenvalue weighted by Gasteiger charge is -2.22. The van der Waals surface area contributed by atoms with Gasteiger partial charge in [-0.1, -0.05) is 39.7 Å². The van der Waals surface area contributed by atoms with E-state index in [1.165, 1.54) is 5.56 Å². The fraction of sp³-hybridized carbons (Fsp3) is 0.267. The number of rotatable bonds is 4. The van der Waals surface area contributed by atoms with Crippen LogP contribution in [0, 0.1) is 6.92 Å². The van der Waals surface area contributed by atoms with Gasteiger partial charge in [0.15, 0.2) is 0 Å². The van der Waals surface area contributed by atoms with Gasteiger partial charge in [0, 0.05) is 28.8 Å². The Bertz CT molecular complexity index is 572. The molecule has 0 bridgehead atoms. The Hall–Kier alpha value is -1.06. The van der Waals surface area contributed by atoms with Crippen LogP contribution in [0.2, 0.25) is 5.02 Å². The first-order valence-electron chi connectivity index (χ1n) is 6.08. The molecule has 0 amide bonds. The summed E-state index contributed by atoms with van der Waals surface area (Å²) in [5.41, 5.74) is 4.45. The first kappa shape index (κ1) is 14.4. The Balaban J connectivity index is 2.24. The van der Waals surface area contributed by atoms with Crippen molar-refractivity contribution in [1.29, 1.82) is 0 Å². The second kappa shape index (κ2) is 6.40. The van der Waals surface area contributed by atoms with E-state index in [0.29, 0.717) is 0 Å². The van der Waals surface area contributed by atoms with Crippen molar-refractivity contribution in [2.24, 2.45) is 0 Å². The van der Waals surface area contributed by atoms with Gasteiger partial charge in [-0.2, -0.15) is 0 Å². The topological polar surface area (TPSA) is 16.1 Å². The summed E-state index contributed by atoms with van der Waals surface area (Å²) in [6, 6.07) is 12.0. The van der Waals surface area contributed by atoms with Gasteiger partial charge in [-0.3, -0.25) is 4.98 Å². The van der Waals surface area contributed by atoms with Crippen molar-refractivity contribution in [3.63, 3.8) is 0 Å². The van der Waals surface area contributed by atoms with E-state index in [9.17, 15) is 0 Å². The highest BCUT2D eigenvalue weighted by Gasteiger charge is 2.09. The molecule has 2 aromatic rings. The third kappa shape index (κ3) is 3.71. The van der Waals surface area contributed by atoms with Gasteiger partial charge in [0.1, 0.15) is 0 Å². The summed E-state index contributed by atoms with van der Waals surface area (Å²) in [6.07, 6.45) is 0. The molecule has 0 aliphatic carbocycles. The molecule has 4 heteroatoms. The zero-order valence-corrected chi connectivity index (χ0v) is 13.4. The molecule has 1 aromatic carbocycles. The van der Waals surface area contributed by atoms with E-state index >= 15 is 0 Å². The largest absolute Gasteiger partial charge is 0.368 e. The lowest BCUT2D eigenvalue weighted by molar-refractivity contribution is 0.872. The smallest absolute Gasteiger partial charge is 0.0600 e. The van der Waals surface area contributed by atoms with Crippen LogP contribution in [-0.4, -0.2) is 12.0 Å². The van der Waals surface area contributed by atoms with Crippen molar-refractivity contribution in [2.75, 3.05) is 11.9 Å². The first-order chi connectivity index (χ1) is 9.10. The zero-order valence-electron chi connectivity index (χ0n) is 11.0. The second-order valence-corrected chi connectivity index (χ2v) is 5.53. The summed E-state index contributed by atoms with van der Waals surface area (Å²) < 4.78 is 0. The van der Waals surface area contributed by atoms with Crippen LogP contribution in [-0.2, 0) is 11.9 Å². The van der Waals surface area contributed by atoms with Gasteiger partial charge in [0.2, 0.25) is 0 Å². The van der Waals surface area contributed by atoms with E-state index in [4.69, 9.17) is 11.6 Å². The molecule has 19 heavy (non-hydrogen) atoms. The minimum Gasteiger partial charge on any atom is -0.368 e. The number of pyridine rings is 1. The maximum Gasteiger partial charge on any atom is 0.0600 e. The van der Waals surface area contributed by atoms with E-state index in [-0.39, 0.29) is 0 Å². The van der Waals surface area contributed by atoms with Crippen molar-refractivity contribution < 1.29 is 0 Å². The Kier molecular flexibility index (Phi) is 4.83. The summed E-state index contributed by atoms with van der Waals surface area (Å²) in [4.78, 5) is 6.70. The Morgan fingerprint density at radius 3 is 2.74 bits per heavy atom. The predicted molar refractivity (Wildman–Crippen MR) is 85.2 cm³/mol. The van der Waals surface area contributed by atoms with Gasteiger partial charge in [0.05, 0.1) is 12.2 Å². The lowest BCUT2D eigenvalue weighted by atomic mass is 10.2. The number of aryl methyl sites for hydroxylation is 1. The minimum absolute atomic E-state index is 0.753. The molecule has 0 aliphatic rings. The zero-order chi connectivity index (χ0) is 13.8. The van der Waals surface area contributed by atoms with E-state index in [1.54, 1.807) is 0 Å². The van der Waals surface area contributed by atoms with Gasteiger partial charge in [-0.15, -0.1) is 0 Å². The highest BCUT2D eigenvalue weighted by Crippen LogP contribution is 2.26. The third-order valence-electron chi connectivity index (χ3n) is 2.95. The average molecular weight is 340 g/mol. The van der Waals surface area contributed by atoms with Crippen LogP contribution in [0.25, 0.3) is 0 Å². The minimum atomic E-state index is 0.753. The van der Waals surface area contributed by atoms with E-state index in [0.717, 1.165) is 34.0 Å². The average Bonchev–Trinajstić information content (AvgIpc) is 2.38. The highest BCUT2D eigenvalue weighted by molar-refractivity contribution is 9.08. The number of aromatic nitrogens is 1. The predicted octanol–water partition coefficient (Wildman–Crippen LogP) is 4.57. The Morgan fingerprint density at radius 2 is 2.05 bits per heavy atom. The Morgan fingerprint density at radius 1 is 1.26 bits per heavy atom. The molecule has 0 unspecified atom stereocenters. The SMILES string of the molecule is Cc1cccc(CN(C)c2cc(Cl)ccc2CBr)n1. The molecular formula is C15H16BrClN2. The first-order valence-corrected chi connectivity index (χ1v) is 7.58. The molecule has 0 radical (unpaired) electrons. The van der Waals surface area contributed by atoms with Crippen molar-refractivity contribution in [3.05, 3.63) is 58.4 Å². The summed E-state index contributed by atoms with van der Waals surface area (Å²) in [5.74, 6) is 0. The van der Waals surface area contributed by atoms with Crippen LogP contribution >= 0.6 is 27.5 Å². The number of nitrogens with zero attached hydrogens (tertiary/aromatic N) is 2. The second-order valence-electron chi connectivity index (χ2n) is 4.53. The molecule has 0 saturated heterocycles. The third-order valence-corrected chi connectivity index (χ3v) is 3.79. The summed E-state index contributed by atoms with van der Waals surface area (Å²) in [6.45, 7) is 2.77. The van der Waals surface area contributed by atoms with E-state index in [2.05, 4.69) is 32.9 Å². The van der Waals surface area contributed by atoms with Crippen LogP contribution in [0.3, 0.4) is 0 Å². The van der Waals surface area contributed by atoms with Gasteiger partial charge in [-0.25, -0.2) is 0 Å². The van der Waals surface area contributed by atoms with Crippen LogP contribution in [0.5, 0.6) is 0 Å². The van der Waals surface area contributed by atoms with Crippen molar-refractivity contribution in [1.82, 2.24) is 4.98 Å². The van der Waals surface area contributed by atoms with Crippen molar-refractivity contribution in [3.8, 4) is 0 Å². The summed E-state index contributed by atoms with van der Waals surface area (Å²) >= 11 is 9.60. The molecule has 2 rings (SSSR count). The molecule has 2 nitrogen and oxygen atoms in total. The monoisotopic (exact) mass is 338 g/mol. The molecule has 100 valence electrons. The number of alkyl halides is 1. The van der Waals surface area contributed by atoms with E-state index < -0.39 is 0 Å². The fourth-order valence-electron chi connectivity index (χ4n) is 2.02. The number of anilines is 1.